The molecule has 1 aromatic rings. The Morgan fingerprint density at radius 3 is 2.69 bits per heavy atom. The number of benzene rings is 1. The maximum absolute atomic E-state index is 12.7. The Labute approximate surface area is 169 Å². The van der Waals surface area contributed by atoms with E-state index in [4.69, 9.17) is 4.74 Å². The molecule has 2 heterocycles. The van der Waals surface area contributed by atoms with Gasteiger partial charge in [-0.2, -0.15) is 0 Å². The molecule has 2 unspecified atom stereocenters. The van der Waals surface area contributed by atoms with Crippen molar-refractivity contribution in [2.45, 2.75) is 24.9 Å². The van der Waals surface area contributed by atoms with Gasteiger partial charge in [0.2, 0.25) is 0 Å². The maximum atomic E-state index is 12.7. The number of nitro benzene ring substituents is 1. The third-order valence-corrected chi connectivity index (χ3v) is 7.04. The molecule has 0 aromatic heterocycles. The molecule has 2 atom stereocenters. The maximum Gasteiger partial charge on any atom is 0.293 e. The topological polar surface area (TPSA) is 131 Å². The van der Waals surface area contributed by atoms with Crippen molar-refractivity contribution in [2.24, 2.45) is 0 Å². The van der Waals surface area contributed by atoms with Crippen LogP contribution in [-0.2, 0) is 14.6 Å². The normalized spacial score (nSPS) is 23.8. The zero-order valence-corrected chi connectivity index (χ0v) is 17.1. The van der Waals surface area contributed by atoms with Crippen molar-refractivity contribution in [3.63, 3.8) is 0 Å². The van der Waals surface area contributed by atoms with Crippen molar-refractivity contribution in [3.8, 4) is 0 Å². The molecule has 0 spiro atoms. The standard InChI is InChI=1S/C18H26N4O6S/c1-28-9-6-19-14-5-4-13(10-16(14)22(24)25)18(23)20-15-11-29(26,27)12-17(15)21-7-2-3-8-21/h4-5,10,15,17,19H,2-3,6-9,11-12H2,1H3,(H,20,23). The Bertz CT molecular complexity index is 869. The predicted octanol–water partition coefficient (Wildman–Crippen LogP) is 0.644. The molecular weight excluding hydrogens is 400 g/mol. The molecule has 2 saturated heterocycles. The lowest BCUT2D eigenvalue weighted by Gasteiger charge is -2.28. The van der Waals surface area contributed by atoms with E-state index in [1.54, 1.807) is 0 Å². The second-order valence-electron chi connectivity index (χ2n) is 7.38. The molecule has 0 radical (unpaired) electrons. The highest BCUT2D eigenvalue weighted by atomic mass is 32.2. The molecule has 2 N–H and O–H groups in total. The highest BCUT2D eigenvalue weighted by molar-refractivity contribution is 7.91. The van der Waals surface area contributed by atoms with E-state index in [-0.39, 0.29) is 28.8 Å². The summed E-state index contributed by atoms with van der Waals surface area (Å²) in [7, 11) is -1.71. The number of nitrogens with one attached hydrogen (secondary N) is 2. The molecular formula is C18H26N4O6S. The highest BCUT2D eigenvalue weighted by Crippen LogP contribution is 2.27. The number of sulfone groups is 1. The van der Waals surface area contributed by atoms with Gasteiger partial charge in [-0.1, -0.05) is 0 Å². The number of carbonyl (C=O) groups is 1. The van der Waals surface area contributed by atoms with Gasteiger partial charge in [0.25, 0.3) is 11.6 Å². The molecule has 2 fully saturated rings. The van der Waals surface area contributed by atoms with Crippen LogP contribution in [-0.4, -0.2) is 81.1 Å². The monoisotopic (exact) mass is 426 g/mol. The number of nitrogens with zero attached hydrogens (tertiary/aromatic N) is 2. The number of amides is 1. The summed E-state index contributed by atoms with van der Waals surface area (Å²) in [4.78, 5) is 25.7. The Hall–Kier alpha value is -2.24. The van der Waals surface area contributed by atoms with Crippen LogP contribution >= 0.6 is 0 Å². The van der Waals surface area contributed by atoms with Crippen LogP contribution in [0, 0.1) is 10.1 Å². The lowest BCUT2D eigenvalue weighted by atomic mass is 10.1. The molecule has 29 heavy (non-hydrogen) atoms. The Balaban J connectivity index is 1.75. The van der Waals surface area contributed by atoms with Gasteiger partial charge in [0.05, 0.1) is 29.1 Å². The number of anilines is 1. The summed E-state index contributed by atoms with van der Waals surface area (Å²) >= 11 is 0. The summed E-state index contributed by atoms with van der Waals surface area (Å²) in [6.07, 6.45) is 2.03. The largest absolute Gasteiger partial charge is 0.383 e. The number of rotatable bonds is 8. The Morgan fingerprint density at radius 1 is 1.31 bits per heavy atom. The molecule has 2 aliphatic heterocycles. The van der Waals surface area contributed by atoms with Crippen molar-refractivity contribution in [1.82, 2.24) is 10.2 Å². The number of carbonyl (C=O) groups excluding carboxylic acids is 1. The van der Waals surface area contributed by atoms with Crippen LogP contribution in [0.2, 0.25) is 0 Å². The van der Waals surface area contributed by atoms with Gasteiger partial charge in [-0.15, -0.1) is 0 Å². The van der Waals surface area contributed by atoms with Gasteiger partial charge in [0, 0.05) is 31.3 Å². The van der Waals surface area contributed by atoms with E-state index < -0.39 is 26.7 Å². The van der Waals surface area contributed by atoms with E-state index in [2.05, 4.69) is 15.5 Å². The van der Waals surface area contributed by atoms with Crippen LogP contribution in [0.5, 0.6) is 0 Å². The fourth-order valence-corrected chi connectivity index (χ4v) is 5.87. The lowest BCUT2D eigenvalue weighted by Crippen LogP contribution is -2.50. The van der Waals surface area contributed by atoms with Crippen molar-refractivity contribution >= 4 is 27.1 Å². The Kier molecular flexibility index (Phi) is 6.70. The quantitative estimate of drug-likeness (QED) is 0.352. The lowest BCUT2D eigenvalue weighted by molar-refractivity contribution is -0.384. The van der Waals surface area contributed by atoms with Gasteiger partial charge in [0.1, 0.15) is 5.69 Å². The van der Waals surface area contributed by atoms with Crippen LogP contribution in [0.1, 0.15) is 23.2 Å². The first-order chi connectivity index (χ1) is 13.8. The first-order valence-corrected chi connectivity index (χ1v) is 11.4. The Morgan fingerprint density at radius 2 is 2.03 bits per heavy atom. The van der Waals surface area contributed by atoms with Crippen molar-refractivity contribution in [1.29, 1.82) is 0 Å². The van der Waals surface area contributed by atoms with Gasteiger partial charge in [-0.25, -0.2) is 8.42 Å². The van der Waals surface area contributed by atoms with E-state index in [9.17, 15) is 23.3 Å². The summed E-state index contributed by atoms with van der Waals surface area (Å²) in [5, 5.41) is 17.1. The van der Waals surface area contributed by atoms with Crippen LogP contribution in [0.4, 0.5) is 11.4 Å². The molecule has 2 aliphatic rings. The smallest absolute Gasteiger partial charge is 0.293 e. The summed E-state index contributed by atoms with van der Waals surface area (Å²) in [5.74, 6) is -0.595. The molecule has 160 valence electrons. The van der Waals surface area contributed by atoms with E-state index in [1.807, 2.05) is 0 Å². The third-order valence-electron chi connectivity index (χ3n) is 5.33. The number of likely N-dealkylation sites (tertiary alicyclic amines) is 1. The first kappa shape index (κ1) is 21.5. The summed E-state index contributed by atoms with van der Waals surface area (Å²) in [6, 6.07) is 3.40. The van der Waals surface area contributed by atoms with E-state index in [0.29, 0.717) is 18.8 Å². The molecule has 11 heteroatoms. The van der Waals surface area contributed by atoms with Crippen LogP contribution in [0.3, 0.4) is 0 Å². The highest BCUT2D eigenvalue weighted by Gasteiger charge is 2.42. The van der Waals surface area contributed by atoms with Crippen molar-refractivity contribution in [3.05, 3.63) is 33.9 Å². The second-order valence-corrected chi connectivity index (χ2v) is 9.53. The number of ether oxygens (including phenoxy) is 1. The molecule has 10 nitrogen and oxygen atoms in total. The number of nitro groups is 1. The number of methoxy groups -OCH3 is 1. The minimum Gasteiger partial charge on any atom is -0.383 e. The van der Waals surface area contributed by atoms with Gasteiger partial charge >= 0.3 is 0 Å². The van der Waals surface area contributed by atoms with Crippen molar-refractivity contribution < 1.29 is 22.9 Å². The fourth-order valence-electron chi connectivity index (χ4n) is 3.91. The van der Waals surface area contributed by atoms with E-state index in [0.717, 1.165) is 25.9 Å². The minimum atomic E-state index is -3.24. The summed E-state index contributed by atoms with van der Waals surface area (Å²) < 4.78 is 29.2. The molecule has 1 aromatic carbocycles. The van der Waals surface area contributed by atoms with Crippen LogP contribution in [0.25, 0.3) is 0 Å². The van der Waals surface area contributed by atoms with Gasteiger partial charge in [-0.05, 0) is 38.1 Å². The average Bonchev–Trinajstić information content (AvgIpc) is 3.29. The van der Waals surface area contributed by atoms with E-state index in [1.165, 1.54) is 25.3 Å². The van der Waals surface area contributed by atoms with Gasteiger partial charge < -0.3 is 15.4 Å². The number of hydrogen-bond acceptors (Lipinski definition) is 8. The molecule has 1 amide bonds. The van der Waals surface area contributed by atoms with Crippen molar-refractivity contribution in [2.75, 3.05) is 50.2 Å². The van der Waals surface area contributed by atoms with E-state index >= 15 is 0 Å². The van der Waals surface area contributed by atoms with Gasteiger partial charge in [-0.3, -0.25) is 19.8 Å². The molecule has 3 rings (SSSR count). The molecule has 0 bridgehead atoms. The molecule has 0 saturated carbocycles. The van der Waals surface area contributed by atoms with Crippen LogP contribution in [0.15, 0.2) is 18.2 Å². The SMILES string of the molecule is COCCNc1ccc(C(=O)NC2CS(=O)(=O)CC2N2CCCC2)cc1[N+](=O)[O-]. The third kappa shape index (κ3) is 5.22. The fraction of sp³-hybridized carbons (Fsp3) is 0.611. The zero-order chi connectivity index (χ0) is 21.0. The number of hydrogen-bond donors (Lipinski definition) is 2. The van der Waals surface area contributed by atoms with Crippen LogP contribution < -0.4 is 10.6 Å². The average molecular weight is 426 g/mol. The molecule has 0 aliphatic carbocycles. The first-order valence-electron chi connectivity index (χ1n) is 9.57. The minimum absolute atomic E-state index is 0.0282. The predicted molar refractivity (Wildman–Crippen MR) is 108 cm³/mol. The summed E-state index contributed by atoms with van der Waals surface area (Å²) in [6.45, 7) is 2.41. The zero-order valence-electron chi connectivity index (χ0n) is 16.3. The summed E-state index contributed by atoms with van der Waals surface area (Å²) in [5.41, 5.74) is 0.198. The van der Waals surface area contributed by atoms with Gasteiger partial charge in [0.15, 0.2) is 9.84 Å². The second kappa shape index (κ2) is 9.06.